The number of nitrogens with two attached hydrogens (primary N) is 1. The van der Waals surface area contributed by atoms with E-state index in [1.54, 1.807) is 12.4 Å². The van der Waals surface area contributed by atoms with Gasteiger partial charge in [0.15, 0.2) is 5.82 Å². The van der Waals surface area contributed by atoms with E-state index in [1.165, 1.54) is 12.0 Å². The van der Waals surface area contributed by atoms with E-state index in [0.29, 0.717) is 6.01 Å². The Morgan fingerprint density at radius 2 is 1.84 bits per heavy atom. The molecule has 1 fully saturated rings. The highest BCUT2D eigenvalue weighted by Gasteiger charge is 2.44. The molecule has 1 aliphatic rings. The maximum absolute atomic E-state index is 5.55. The van der Waals surface area contributed by atoms with Crippen LogP contribution in [0.25, 0.3) is 11.1 Å². The molecule has 0 saturated heterocycles. The molecule has 1 aliphatic carbocycles. The minimum atomic E-state index is -0.146. The fourth-order valence-electron chi connectivity index (χ4n) is 3.28. The van der Waals surface area contributed by atoms with E-state index < -0.39 is 0 Å². The Kier molecular flexibility index (Phi) is 3.83. The zero-order valence-corrected chi connectivity index (χ0v) is 14.1. The van der Waals surface area contributed by atoms with Gasteiger partial charge in [-0.2, -0.15) is 4.98 Å². The molecule has 25 heavy (non-hydrogen) atoms. The van der Waals surface area contributed by atoms with E-state index in [9.17, 15) is 0 Å². The van der Waals surface area contributed by atoms with Gasteiger partial charge >= 0.3 is 6.01 Å². The molecular weight excluding hydrogens is 316 g/mol. The number of aromatic nitrogens is 4. The number of hydrogen-bond donors (Lipinski definition) is 2. The van der Waals surface area contributed by atoms with Gasteiger partial charge in [0.2, 0.25) is 5.95 Å². The molecule has 1 aromatic carbocycles. The second-order valence-corrected chi connectivity index (χ2v) is 6.30. The Balaban J connectivity index is 1.64. The second kappa shape index (κ2) is 6.16. The monoisotopic (exact) mass is 336 g/mol. The van der Waals surface area contributed by atoms with Gasteiger partial charge in [0, 0.05) is 24.5 Å². The van der Waals surface area contributed by atoms with Crippen molar-refractivity contribution in [2.75, 3.05) is 17.6 Å². The summed E-state index contributed by atoms with van der Waals surface area (Å²) in [6.07, 6.45) is 6.69. The zero-order chi connectivity index (χ0) is 17.3. The Morgan fingerprint density at radius 3 is 2.44 bits per heavy atom. The number of anilines is 2. The van der Waals surface area contributed by atoms with Crippen LogP contribution in [0, 0.1) is 0 Å². The van der Waals surface area contributed by atoms with Crippen molar-refractivity contribution in [2.24, 2.45) is 0 Å². The summed E-state index contributed by atoms with van der Waals surface area (Å²) in [7, 11) is 0. The van der Waals surface area contributed by atoms with Crippen molar-refractivity contribution >= 4 is 12.0 Å². The van der Waals surface area contributed by atoms with Crippen molar-refractivity contribution in [2.45, 2.75) is 31.6 Å². The second-order valence-electron chi connectivity index (χ2n) is 6.30. The fraction of sp³-hybridized carbons (Fsp3) is 0.333. The smallest absolute Gasteiger partial charge is 0.321 e. The molecule has 1 saturated carbocycles. The largest absolute Gasteiger partial charge is 0.368 e. The maximum atomic E-state index is 5.55. The maximum Gasteiger partial charge on any atom is 0.321 e. The molecule has 0 aliphatic heterocycles. The lowest BCUT2D eigenvalue weighted by atomic mass is 9.64. The van der Waals surface area contributed by atoms with Crippen LogP contribution in [0.4, 0.5) is 12.0 Å². The molecule has 2 aromatic heterocycles. The normalized spacial score (nSPS) is 15.6. The molecule has 0 bridgehead atoms. The van der Waals surface area contributed by atoms with Crippen molar-refractivity contribution in [3.8, 4) is 11.1 Å². The summed E-state index contributed by atoms with van der Waals surface area (Å²) in [5, 5.41) is 7.28. The molecule has 4 rings (SSSR count). The molecular formula is C18H20N6O. The van der Waals surface area contributed by atoms with Gasteiger partial charge in [-0.1, -0.05) is 35.8 Å². The van der Waals surface area contributed by atoms with Crippen molar-refractivity contribution in [1.29, 1.82) is 0 Å². The number of rotatable bonds is 5. The van der Waals surface area contributed by atoms with Gasteiger partial charge in [0.05, 0.1) is 5.41 Å². The Morgan fingerprint density at radius 1 is 1.12 bits per heavy atom. The predicted octanol–water partition coefficient (Wildman–Crippen LogP) is 3.01. The van der Waals surface area contributed by atoms with Gasteiger partial charge in [-0.25, -0.2) is 9.97 Å². The van der Waals surface area contributed by atoms with E-state index >= 15 is 0 Å². The van der Waals surface area contributed by atoms with E-state index in [4.69, 9.17) is 10.3 Å². The van der Waals surface area contributed by atoms with E-state index in [1.807, 2.05) is 6.92 Å². The standard InChI is InChI=1S/C18H20N6O/c1-2-20-17-23-15(24-25-17)18(8-3-9-18)14-6-4-12(5-7-14)13-10-21-16(19)22-11-13/h4-7,10-11H,2-3,8-9H2,1H3,(H2,19,21,22)(H,20,23,24). The lowest BCUT2D eigenvalue weighted by Gasteiger charge is -2.39. The van der Waals surface area contributed by atoms with E-state index in [2.05, 4.69) is 49.7 Å². The summed E-state index contributed by atoms with van der Waals surface area (Å²) < 4.78 is 5.31. The minimum absolute atomic E-state index is 0.146. The molecule has 3 aromatic rings. The average Bonchev–Trinajstić information content (AvgIpc) is 3.04. The topological polar surface area (TPSA) is 103 Å². The minimum Gasteiger partial charge on any atom is -0.368 e. The highest BCUT2D eigenvalue weighted by molar-refractivity contribution is 5.62. The highest BCUT2D eigenvalue weighted by atomic mass is 16.5. The summed E-state index contributed by atoms with van der Waals surface area (Å²) in [4.78, 5) is 12.6. The van der Waals surface area contributed by atoms with Crippen LogP contribution < -0.4 is 11.1 Å². The first-order chi connectivity index (χ1) is 12.2. The number of nitrogens with zero attached hydrogens (tertiary/aromatic N) is 4. The first-order valence-corrected chi connectivity index (χ1v) is 8.48. The van der Waals surface area contributed by atoms with Crippen LogP contribution >= 0.6 is 0 Å². The van der Waals surface area contributed by atoms with Crippen LogP contribution in [-0.2, 0) is 5.41 Å². The molecule has 0 amide bonds. The average molecular weight is 336 g/mol. The van der Waals surface area contributed by atoms with Crippen LogP contribution in [0.3, 0.4) is 0 Å². The predicted molar refractivity (Wildman–Crippen MR) is 95.0 cm³/mol. The highest BCUT2D eigenvalue weighted by Crippen LogP contribution is 2.48. The number of hydrogen-bond acceptors (Lipinski definition) is 7. The third-order valence-corrected chi connectivity index (χ3v) is 4.83. The van der Waals surface area contributed by atoms with Crippen LogP contribution in [0.15, 0.2) is 41.2 Å². The van der Waals surface area contributed by atoms with Crippen LogP contribution in [0.2, 0.25) is 0 Å². The van der Waals surface area contributed by atoms with Crippen molar-refractivity contribution in [3.05, 3.63) is 48.0 Å². The van der Waals surface area contributed by atoms with Crippen LogP contribution in [-0.4, -0.2) is 26.7 Å². The van der Waals surface area contributed by atoms with E-state index in [-0.39, 0.29) is 11.4 Å². The van der Waals surface area contributed by atoms with E-state index in [0.717, 1.165) is 36.3 Å². The molecule has 0 spiro atoms. The Hall–Kier alpha value is -2.96. The molecule has 7 nitrogen and oxygen atoms in total. The van der Waals surface area contributed by atoms with Crippen molar-refractivity contribution in [1.82, 2.24) is 20.1 Å². The SMILES string of the molecule is CCNc1nc(C2(c3ccc(-c4cnc(N)nc4)cc3)CCC2)no1. The van der Waals surface area contributed by atoms with Gasteiger partial charge in [-0.05, 0) is 30.9 Å². The van der Waals surface area contributed by atoms with Gasteiger partial charge in [-0.3, -0.25) is 0 Å². The molecule has 3 N–H and O–H groups in total. The van der Waals surface area contributed by atoms with Gasteiger partial charge in [0.25, 0.3) is 0 Å². The lowest BCUT2D eigenvalue weighted by Crippen LogP contribution is -2.36. The molecule has 2 heterocycles. The first-order valence-electron chi connectivity index (χ1n) is 8.48. The van der Waals surface area contributed by atoms with Gasteiger partial charge in [0.1, 0.15) is 0 Å². The summed E-state index contributed by atoms with van der Waals surface area (Å²) in [5.74, 6) is 1.04. The first kappa shape index (κ1) is 15.6. The summed E-state index contributed by atoms with van der Waals surface area (Å²) in [5.41, 5.74) is 8.61. The molecule has 0 atom stereocenters. The Labute approximate surface area is 145 Å². The summed E-state index contributed by atoms with van der Waals surface area (Å²) in [6, 6.07) is 8.91. The van der Waals surface area contributed by atoms with Crippen LogP contribution in [0.5, 0.6) is 0 Å². The third kappa shape index (κ3) is 2.71. The van der Waals surface area contributed by atoms with Crippen molar-refractivity contribution < 1.29 is 4.52 Å². The summed E-state index contributed by atoms with van der Waals surface area (Å²) in [6.45, 7) is 2.76. The number of benzene rings is 1. The molecule has 7 heteroatoms. The number of nitrogens with one attached hydrogen (secondary N) is 1. The van der Waals surface area contributed by atoms with Gasteiger partial charge < -0.3 is 15.6 Å². The third-order valence-electron chi connectivity index (χ3n) is 4.83. The zero-order valence-electron chi connectivity index (χ0n) is 14.1. The van der Waals surface area contributed by atoms with Gasteiger partial charge in [-0.15, -0.1) is 0 Å². The van der Waals surface area contributed by atoms with Crippen LogP contribution in [0.1, 0.15) is 37.6 Å². The molecule has 0 radical (unpaired) electrons. The number of nitrogen functional groups attached to an aromatic ring is 1. The fourth-order valence-corrected chi connectivity index (χ4v) is 3.28. The lowest BCUT2D eigenvalue weighted by molar-refractivity contribution is 0.273. The molecule has 0 unspecified atom stereocenters. The Bertz CT molecular complexity index is 852. The summed E-state index contributed by atoms with van der Waals surface area (Å²) >= 11 is 0. The molecule has 128 valence electrons. The van der Waals surface area contributed by atoms with Crippen molar-refractivity contribution in [3.63, 3.8) is 0 Å². The quantitative estimate of drug-likeness (QED) is 0.738.